The van der Waals surface area contributed by atoms with Crippen molar-refractivity contribution in [3.63, 3.8) is 0 Å². The summed E-state index contributed by atoms with van der Waals surface area (Å²) in [6.45, 7) is 2.44. The van der Waals surface area contributed by atoms with Crippen LogP contribution in [0, 0.1) is 6.92 Å². The summed E-state index contributed by atoms with van der Waals surface area (Å²) < 4.78 is 0. The van der Waals surface area contributed by atoms with Crippen molar-refractivity contribution >= 4 is 0 Å². The Bertz CT molecular complexity index is 213. The van der Waals surface area contributed by atoms with Gasteiger partial charge in [-0.1, -0.05) is 0 Å². The summed E-state index contributed by atoms with van der Waals surface area (Å²) >= 11 is 0. The van der Waals surface area contributed by atoms with E-state index in [0.29, 0.717) is 6.54 Å². The molecule has 1 heterocycles. The Morgan fingerprint density at radius 1 is 1.70 bits per heavy atom. The predicted molar refractivity (Wildman–Crippen MR) is 37.6 cm³/mol. The molecule has 54 valence electrons. The second-order valence-electron chi connectivity index (χ2n) is 2.14. The molecular weight excluding hydrogens is 128 g/mol. The molecule has 1 aromatic heterocycles. The Kier molecular flexibility index (Phi) is 2.36. The van der Waals surface area contributed by atoms with Crippen molar-refractivity contribution in [1.82, 2.24) is 10.5 Å². The van der Waals surface area contributed by atoms with E-state index in [2.05, 4.69) is 10.5 Å². The van der Waals surface area contributed by atoms with Gasteiger partial charge in [-0.15, -0.1) is 0 Å². The average molecular weight is 138 g/mol. The van der Waals surface area contributed by atoms with Crippen molar-refractivity contribution in [1.29, 1.82) is 0 Å². The third-order valence-corrected chi connectivity index (χ3v) is 1.42. The van der Waals surface area contributed by atoms with Crippen LogP contribution in [-0.2, 0) is 6.54 Å². The van der Waals surface area contributed by atoms with Crippen molar-refractivity contribution in [3.05, 3.63) is 29.6 Å². The second-order valence-corrected chi connectivity index (χ2v) is 2.14. The van der Waals surface area contributed by atoms with Crippen LogP contribution < -0.4 is 5.48 Å². The van der Waals surface area contributed by atoms with Gasteiger partial charge in [-0.3, -0.25) is 4.98 Å². The average Bonchev–Trinajstić information content (AvgIpc) is 1.94. The Morgan fingerprint density at radius 3 is 3.10 bits per heavy atom. The number of rotatable bonds is 2. The zero-order valence-corrected chi connectivity index (χ0v) is 5.83. The van der Waals surface area contributed by atoms with Gasteiger partial charge in [0.2, 0.25) is 0 Å². The van der Waals surface area contributed by atoms with Gasteiger partial charge in [0.15, 0.2) is 0 Å². The summed E-state index contributed by atoms with van der Waals surface area (Å²) in [6.07, 6.45) is 3.47. The molecule has 0 radical (unpaired) electrons. The van der Waals surface area contributed by atoms with E-state index in [1.807, 2.05) is 13.0 Å². The first kappa shape index (κ1) is 7.18. The highest BCUT2D eigenvalue weighted by atomic mass is 16.5. The molecule has 0 aromatic carbocycles. The van der Waals surface area contributed by atoms with E-state index in [9.17, 15) is 0 Å². The molecule has 3 nitrogen and oxygen atoms in total. The molecule has 0 saturated carbocycles. The molecule has 0 saturated heterocycles. The lowest BCUT2D eigenvalue weighted by atomic mass is 10.2. The summed E-state index contributed by atoms with van der Waals surface area (Å²) in [7, 11) is 0. The smallest absolute Gasteiger partial charge is 0.0475 e. The van der Waals surface area contributed by atoms with Gasteiger partial charge in [0.25, 0.3) is 0 Å². The van der Waals surface area contributed by atoms with Gasteiger partial charge < -0.3 is 5.21 Å². The van der Waals surface area contributed by atoms with Crippen molar-refractivity contribution in [2.24, 2.45) is 0 Å². The van der Waals surface area contributed by atoms with E-state index >= 15 is 0 Å². The van der Waals surface area contributed by atoms with Gasteiger partial charge in [-0.2, -0.15) is 0 Å². The molecule has 0 amide bonds. The Hall–Kier alpha value is -0.930. The number of aromatic nitrogens is 1. The molecular formula is C7H10N2O. The quantitative estimate of drug-likeness (QED) is 0.596. The number of hydrogen-bond donors (Lipinski definition) is 2. The monoisotopic (exact) mass is 138 g/mol. The van der Waals surface area contributed by atoms with Crippen LogP contribution in [0.1, 0.15) is 11.1 Å². The fourth-order valence-corrected chi connectivity index (χ4v) is 0.767. The molecule has 0 spiro atoms. The fraction of sp³-hybridized carbons (Fsp3) is 0.286. The molecule has 2 N–H and O–H groups in total. The zero-order chi connectivity index (χ0) is 7.40. The predicted octanol–water partition coefficient (Wildman–Crippen LogP) is 0.869. The van der Waals surface area contributed by atoms with E-state index in [1.54, 1.807) is 12.4 Å². The molecule has 10 heavy (non-hydrogen) atoms. The zero-order valence-electron chi connectivity index (χ0n) is 5.83. The molecule has 0 unspecified atom stereocenters. The molecule has 1 rings (SSSR count). The van der Waals surface area contributed by atoms with E-state index in [4.69, 9.17) is 5.21 Å². The van der Waals surface area contributed by atoms with Crippen LogP contribution in [-0.4, -0.2) is 10.2 Å². The van der Waals surface area contributed by atoms with E-state index in [-0.39, 0.29) is 0 Å². The molecule has 1 aromatic rings. The van der Waals surface area contributed by atoms with E-state index in [0.717, 1.165) is 11.1 Å². The molecule has 0 fully saturated rings. The molecule has 0 atom stereocenters. The molecule has 3 heteroatoms. The first-order chi connectivity index (χ1) is 4.84. The first-order valence-corrected chi connectivity index (χ1v) is 3.11. The second kappa shape index (κ2) is 3.29. The highest BCUT2D eigenvalue weighted by Gasteiger charge is 1.93. The number of hydrogen-bond acceptors (Lipinski definition) is 3. The van der Waals surface area contributed by atoms with Gasteiger partial charge in [0.05, 0.1) is 0 Å². The lowest BCUT2D eigenvalue weighted by molar-refractivity contribution is 0.161. The minimum absolute atomic E-state index is 0.458. The normalized spacial score (nSPS) is 9.80. The van der Waals surface area contributed by atoms with Crippen LogP contribution in [0.5, 0.6) is 0 Å². The number of nitrogens with one attached hydrogen (secondary N) is 1. The summed E-state index contributed by atoms with van der Waals surface area (Å²) in [4.78, 5) is 3.91. The van der Waals surface area contributed by atoms with Gasteiger partial charge in [-0.05, 0) is 24.1 Å². The van der Waals surface area contributed by atoms with E-state index in [1.165, 1.54) is 0 Å². The van der Waals surface area contributed by atoms with Gasteiger partial charge in [0, 0.05) is 18.9 Å². The van der Waals surface area contributed by atoms with E-state index < -0.39 is 0 Å². The molecule has 0 bridgehead atoms. The first-order valence-electron chi connectivity index (χ1n) is 3.11. The van der Waals surface area contributed by atoms with Gasteiger partial charge in [-0.25, -0.2) is 5.48 Å². The van der Waals surface area contributed by atoms with Crippen molar-refractivity contribution in [2.45, 2.75) is 13.5 Å². The van der Waals surface area contributed by atoms with Crippen LogP contribution in [0.2, 0.25) is 0 Å². The summed E-state index contributed by atoms with van der Waals surface area (Å²) in [5, 5.41) is 8.37. The summed E-state index contributed by atoms with van der Waals surface area (Å²) in [5.41, 5.74) is 4.24. The SMILES string of the molecule is Cc1ccncc1CNO. The topological polar surface area (TPSA) is 45.2 Å². The lowest BCUT2D eigenvalue weighted by Crippen LogP contribution is -2.07. The maximum absolute atomic E-state index is 8.37. The minimum Gasteiger partial charge on any atom is -0.316 e. The number of nitrogens with zero attached hydrogens (tertiary/aromatic N) is 1. The lowest BCUT2D eigenvalue weighted by Gasteiger charge is -2.00. The van der Waals surface area contributed by atoms with Crippen molar-refractivity contribution in [3.8, 4) is 0 Å². The molecule has 0 aliphatic carbocycles. The highest BCUT2D eigenvalue weighted by molar-refractivity contribution is 5.20. The van der Waals surface area contributed by atoms with Crippen LogP contribution in [0.15, 0.2) is 18.5 Å². The number of aryl methyl sites for hydroxylation is 1. The summed E-state index contributed by atoms with van der Waals surface area (Å²) in [5.74, 6) is 0. The maximum Gasteiger partial charge on any atom is 0.0475 e. The van der Waals surface area contributed by atoms with Gasteiger partial charge >= 0.3 is 0 Å². The summed E-state index contributed by atoms with van der Waals surface area (Å²) in [6, 6.07) is 1.91. The minimum atomic E-state index is 0.458. The highest BCUT2D eigenvalue weighted by Crippen LogP contribution is 2.02. The van der Waals surface area contributed by atoms with Crippen molar-refractivity contribution in [2.75, 3.05) is 0 Å². The fourth-order valence-electron chi connectivity index (χ4n) is 0.767. The third-order valence-electron chi connectivity index (χ3n) is 1.42. The van der Waals surface area contributed by atoms with Crippen LogP contribution in [0.25, 0.3) is 0 Å². The largest absolute Gasteiger partial charge is 0.316 e. The van der Waals surface area contributed by atoms with Crippen LogP contribution >= 0.6 is 0 Å². The Morgan fingerprint density at radius 2 is 2.50 bits per heavy atom. The molecule has 0 aliphatic rings. The number of pyridine rings is 1. The van der Waals surface area contributed by atoms with Crippen molar-refractivity contribution < 1.29 is 5.21 Å². The van der Waals surface area contributed by atoms with Crippen LogP contribution in [0.3, 0.4) is 0 Å². The molecule has 0 aliphatic heterocycles. The Labute approximate surface area is 59.7 Å². The Balaban J connectivity index is 2.81. The number of hydroxylamine groups is 1. The van der Waals surface area contributed by atoms with Gasteiger partial charge in [0.1, 0.15) is 0 Å². The standard InChI is InChI=1S/C7H10N2O/c1-6-2-3-8-4-7(6)5-9-10/h2-4,9-10H,5H2,1H3. The maximum atomic E-state index is 8.37. The third kappa shape index (κ3) is 1.52. The van der Waals surface area contributed by atoms with Crippen LogP contribution in [0.4, 0.5) is 0 Å².